The van der Waals surface area contributed by atoms with Gasteiger partial charge in [-0.15, -0.1) is 0 Å². The topological polar surface area (TPSA) is 48.8 Å². The van der Waals surface area contributed by atoms with Crippen LogP contribution in [0.1, 0.15) is 64.9 Å². The monoisotopic (exact) mass is 528 g/mol. The Labute approximate surface area is 233 Å². The summed E-state index contributed by atoms with van der Waals surface area (Å²) >= 11 is 0. The lowest BCUT2D eigenvalue weighted by atomic mass is 9.92. The van der Waals surface area contributed by atoms with Crippen molar-refractivity contribution in [2.45, 2.75) is 84.5 Å². The van der Waals surface area contributed by atoms with Gasteiger partial charge in [0.05, 0.1) is 0 Å². The molecule has 0 saturated carbocycles. The van der Waals surface area contributed by atoms with E-state index in [0.717, 1.165) is 67.5 Å². The Morgan fingerprint density at radius 2 is 1.69 bits per heavy atom. The van der Waals surface area contributed by atoms with E-state index in [4.69, 9.17) is 0 Å². The number of hydrogen-bond donors (Lipinski definition) is 0. The van der Waals surface area contributed by atoms with Crippen molar-refractivity contribution >= 4 is 28.4 Å². The Balaban J connectivity index is 1.51. The molecule has 0 N–H and O–H groups in total. The third kappa shape index (κ3) is 6.22. The third-order valence-corrected chi connectivity index (χ3v) is 8.68. The van der Waals surface area contributed by atoms with Gasteiger partial charge in [-0.3, -0.25) is 14.5 Å². The van der Waals surface area contributed by atoms with Gasteiger partial charge in [0.15, 0.2) is 0 Å². The average molecular weight is 529 g/mol. The summed E-state index contributed by atoms with van der Waals surface area (Å²) in [7, 11) is 0. The SMILES string of the molecule is CCC(=O)N1CCC2CCCC(CN(C(=O)Cn3ccc4ccccc43)Cc3ccccc31)N2CCC(C)C. The largest absolute Gasteiger partial charge is 0.338 e. The van der Waals surface area contributed by atoms with Crippen LogP contribution in [-0.4, -0.2) is 57.9 Å². The number of carbonyl (C=O) groups is 2. The standard InChI is InChI=1S/C33H44N4O2/c1-4-32(38)37-21-18-28-12-9-13-29(36(28)20-16-25(2)3)23-35(22-27-11-6-8-15-31(27)37)33(39)24-34-19-17-26-10-5-7-14-30(26)34/h5-8,10-11,14-15,17,19,25,28-29H,4,9,12-13,16,18,20-24H2,1-3H3. The molecule has 3 heterocycles. The zero-order valence-electron chi connectivity index (χ0n) is 23.9. The van der Waals surface area contributed by atoms with E-state index in [1.807, 2.05) is 42.3 Å². The number of benzene rings is 2. The number of fused-ring (bicyclic) bond motifs is 4. The van der Waals surface area contributed by atoms with Gasteiger partial charge in [-0.2, -0.15) is 0 Å². The molecule has 1 aromatic heterocycles. The highest BCUT2D eigenvalue weighted by Gasteiger charge is 2.34. The van der Waals surface area contributed by atoms with Gasteiger partial charge in [0.2, 0.25) is 11.8 Å². The highest BCUT2D eigenvalue weighted by atomic mass is 16.2. The van der Waals surface area contributed by atoms with Crippen molar-refractivity contribution < 1.29 is 9.59 Å². The Morgan fingerprint density at radius 3 is 2.51 bits per heavy atom. The first-order chi connectivity index (χ1) is 18.9. The number of rotatable bonds is 6. The first kappa shape index (κ1) is 27.4. The molecule has 1 fully saturated rings. The molecule has 6 heteroatoms. The van der Waals surface area contributed by atoms with Gasteiger partial charge in [0.1, 0.15) is 6.54 Å². The minimum Gasteiger partial charge on any atom is -0.338 e. The Kier molecular flexibility index (Phi) is 8.71. The molecule has 2 amide bonds. The molecule has 3 aromatic rings. The van der Waals surface area contributed by atoms with E-state index >= 15 is 0 Å². The minimum atomic E-state index is 0.129. The zero-order valence-corrected chi connectivity index (χ0v) is 23.9. The van der Waals surface area contributed by atoms with Crippen molar-refractivity contribution in [3.8, 4) is 0 Å². The van der Waals surface area contributed by atoms with Crippen molar-refractivity contribution in [3.63, 3.8) is 0 Å². The van der Waals surface area contributed by atoms with Crippen molar-refractivity contribution in [1.82, 2.24) is 14.4 Å². The maximum atomic E-state index is 14.1. The number of anilines is 1. The summed E-state index contributed by atoms with van der Waals surface area (Å²) < 4.78 is 2.07. The highest BCUT2D eigenvalue weighted by Crippen LogP contribution is 2.31. The second-order valence-electron chi connectivity index (χ2n) is 11.8. The molecule has 0 radical (unpaired) electrons. The summed E-state index contributed by atoms with van der Waals surface area (Å²) in [6.45, 7) is 9.85. The number of nitrogens with zero attached hydrogens (tertiary/aromatic N) is 4. The van der Waals surface area contributed by atoms with Crippen LogP contribution in [0.2, 0.25) is 0 Å². The maximum absolute atomic E-state index is 14.1. The summed E-state index contributed by atoms with van der Waals surface area (Å²) in [4.78, 5) is 34.1. The fourth-order valence-corrected chi connectivity index (χ4v) is 6.49. The van der Waals surface area contributed by atoms with Crippen molar-refractivity contribution in [2.75, 3.05) is 24.5 Å². The smallest absolute Gasteiger partial charge is 0.242 e. The normalized spacial score (nSPS) is 20.6. The van der Waals surface area contributed by atoms with Crippen LogP contribution in [0.5, 0.6) is 0 Å². The number of amides is 2. The summed E-state index contributed by atoms with van der Waals surface area (Å²) in [6.07, 6.45) is 8.06. The predicted molar refractivity (Wildman–Crippen MR) is 159 cm³/mol. The zero-order chi connectivity index (χ0) is 27.4. The lowest BCUT2D eigenvalue weighted by Crippen LogP contribution is -2.53. The molecule has 2 unspecified atom stereocenters. The van der Waals surface area contributed by atoms with E-state index in [0.29, 0.717) is 37.5 Å². The van der Waals surface area contributed by atoms with E-state index in [-0.39, 0.29) is 11.8 Å². The Morgan fingerprint density at radius 1 is 0.923 bits per heavy atom. The van der Waals surface area contributed by atoms with E-state index in [1.165, 1.54) is 6.42 Å². The molecular weight excluding hydrogens is 484 g/mol. The average Bonchev–Trinajstić information content (AvgIpc) is 3.34. The molecule has 2 bridgehead atoms. The van der Waals surface area contributed by atoms with Crippen LogP contribution < -0.4 is 4.90 Å². The molecule has 208 valence electrons. The quantitative estimate of drug-likeness (QED) is 0.389. The first-order valence-corrected chi connectivity index (χ1v) is 14.9. The number of piperidine rings is 1. The van der Waals surface area contributed by atoms with Gasteiger partial charge in [-0.1, -0.05) is 63.6 Å². The number of carbonyl (C=O) groups excluding carboxylic acids is 2. The molecule has 1 saturated heterocycles. The van der Waals surface area contributed by atoms with Gasteiger partial charge in [0.25, 0.3) is 0 Å². The minimum absolute atomic E-state index is 0.129. The van der Waals surface area contributed by atoms with Crippen molar-refractivity contribution in [2.24, 2.45) is 5.92 Å². The van der Waals surface area contributed by atoms with Crippen LogP contribution in [0.4, 0.5) is 5.69 Å². The fourth-order valence-electron chi connectivity index (χ4n) is 6.49. The highest BCUT2D eigenvalue weighted by molar-refractivity contribution is 5.94. The second-order valence-corrected chi connectivity index (χ2v) is 11.8. The predicted octanol–water partition coefficient (Wildman–Crippen LogP) is 6.09. The van der Waals surface area contributed by atoms with Crippen LogP contribution >= 0.6 is 0 Å². The number of para-hydroxylation sites is 2. The van der Waals surface area contributed by atoms with Gasteiger partial charge in [-0.05, 0) is 67.3 Å². The van der Waals surface area contributed by atoms with Crippen LogP contribution in [0.25, 0.3) is 10.9 Å². The van der Waals surface area contributed by atoms with Gasteiger partial charge >= 0.3 is 0 Å². The third-order valence-electron chi connectivity index (χ3n) is 8.68. The molecular formula is C33H44N4O2. The summed E-state index contributed by atoms with van der Waals surface area (Å²) in [5.41, 5.74) is 3.09. The van der Waals surface area contributed by atoms with Gasteiger partial charge in [0, 0.05) is 55.5 Å². The Bertz CT molecular complexity index is 1280. The van der Waals surface area contributed by atoms with Gasteiger partial charge in [-0.25, -0.2) is 0 Å². The van der Waals surface area contributed by atoms with Crippen molar-refractivity contribution in [3.05, 3.63) is 66.4 Å². The van der Waals surface area contributed by atoms with E-state index in [1.54, 1.807) is 0 Å². The first-order valence-electron chi connectivity index (χ1n) is 14.9. The van der Waals surface area contributed by atoms with Crippen LogP contribution in [0, 0.1) is 5.92 Å². The molecule has 5 rings (SSSR count). The Hall–Kier alpha value is -3.12. The molecule has 2 atom stereocenters. The molecule has 0 aliphatic carbocycles. The molecule has 2 aromatic carbocycles. The lowest BCUT2D eigenvalue weighted by molar-refractivity contribution is -0.133. The molecule has 39 heavy (non-hydrogen) atoms. The number of aromatic nitrogens is 1. The molecule has 2 aliphatic rings. The number of hydrogen-bond acceptors (Lipinski definition) is 3. The van der Waals surface area contributed by atoms with Crippen LogP contribution in [-0.2, 0) is 22.7 Å². The second kappa shape index (κ2) is 12.4. The summed E-state index contributed by atoms with van der Waals surface area (Å²) in [5, 5.41) is 1.15. The molecule has 6 nitrogen and oxygen atoms in total. The fraction of sp³-hybridized carbons (Fsp3) is 0.515. The van der Waals surface area contributed by atoms with Crippen LogP contribution in [0.3, 0.4) is 0 Å². The summed E-state index contributed by atoms with van der Waals surface area (Å²) in [5.74, 6) is 0.912. The lowest BCUT2D eigenvalue weighted by Gasteiger charge is -2.44. The molecule has 0 spiro atoms. The summed E-state index contributed by atoms with van der Waals surface area (Å²) in [6, 6.07) is 19.3. The molecule has 2 aliphatic heterocycles. The maximum Gasteiger partial charge on any atom is 0.242 e. The van der Waals surface area contributed by atoms with Gasteiger partial charge < -0.3 is 14.4 Å². The van der Waals surface area contributed by atoms with E-state index < -0.39 is 0 Å². The van der Waals surface area contributed by atoms with Crippen molar-refractivity contribution in [1.29, 1.82) is 0 Å². The van der Waals surface area contributed by atoms with Crippen LogP contribution in [0.15, 0.2) is 60.8 Å². The van der Waals surface area contributed by atoms with E-state index in [2.05, 4.69) is 58.5 Å². The van der Waals surface area contributed by atoms with E-state index in [9.17, 15) is 9.59 Å².